The third kappa shape index (κ3) is 7.62. The van der Waals surface area contributed by atoms with Crippen molar-refractivity contribution in [3.8, 4) is 0 Å². The summed E-state index contributed by atoms with van der Waals surface area (Å²) in [6.07, 6.45) is -1.17. The van der Waals surface area contributed by atoms with Gasteiger partial charge < -0.3 is 25.2 Å². The smallest absolute Gasteiger partial charge is 0.331 e. The highest BCUT2D eigenvalue weighted by atomic mass is 16.5. The van der Waals surface area contributed by atoms with E-state index in [9.17, 15) is 9.59 Å². The fourth-order valence-electron chi connectivity index (χ4n) is 0.761. The van der Waals surface area contributed by atoms with Crippen LogP contribution >= 0.6 is 0 Å². The zero-order chi connectivity index (χ0) is 11.8. The molecule has 0 atom stereocenters. The molecular formula is C8H12O7. The van der Waals surface area contributed by atoms with Gasteiger partial charge in [0.15, 0.2) is 6.29 Å². The van der Waals surface area contributed by atoms with Crippen molar-refractivity contribution in [1.29, 1.82) is 0 Å². The fraction of sp³-hybridized carbons (Fsp3) is 0.500. The molecule has 0 unspecified atom stereocenters. The van der Waals surface area contributed by atoms with E-state index in [0.29, 0.717) is 6.08 Å². The number of aliphatic carboxylic acids is 2. The minimum atomic E-state index is -1.62. The van der Waals surface area contributed by atoms with Crippen molar-refractivity contribution in [3.05, 3.63) is 11.6 Å². The largest absolute Gasteiger partial charge is 0.478 e. The standard InChI is InChI=1S/C8H12O7/c9-6(10)3-5(8(13)14)1-2-15-4-7(11)12/h3,7,11-12H,1-2,4H2,(H,9,10)(H,13,14). The fourth-order valence-corrected chi connectivity index (χ4v) is 0.761. The summed E-state index contributed by atoms with van der Waals surface area (Å²) in [5.41, 5.74) is -0.310. The number of hydrogen-bond donors (Lipinski definition) is 4. The molecule has 0 bridgehead atoms. The first-order valence-electron chi connectivity index (χ1n) is 4.04. The average Bonchev–Trinajstić information content (AvgIpc) is 2.08. The topological polar surface area (TPSA) is 124 Å². The molecule has 0 aliphatic carbocycles. The molecule has 4 N–H and O–H groups in total. The lowest BCUT2D eigenvalue weighted by atomic mass is 10.2. The highest BCUT2D eigenvalue weighted by molar-refractivity contribution is 5.94. The first-order chi connectivity index (χ1) is 6.93. The Kier molecular flexibility index (Phi) is 6.27. The summed E-state index contributed by atoms with van der Waals surface area (Å²) >= 11 is 0. The maximum absolute atomic E-state index is 10.5. The first kappa shape index (κ1) is 13.6. The third-order valence-electron chi connectivity index (χ3n) is 1.36. The Balaban J connectivity index is 3.99. The first-order valence-corrected chi connectivity index (χ1v) is 4.04. The van der Waals surface area contributed by atoms with Gasteiger partial charge in [-0.1, -0.05) is 0 Å². The SMILES string of the molecule is O=C(O)C=C(CCOCC(O)O)C(=O)O. The maximum Gasteiger partial charge on any atom is 0.331 e. The van der Waals surface area contributed by atoms with E-state index in [2.05, 4.69) is 4.74 Å². The van der Waals surface area contributed by atoms with E-state index in [0.717, 1.165) is 0 Å². The number of carboxylic acids is 2. The van der Waals surface area contributed by atoms with Gasteiger partial charge in [0.25, 0.3) is 0 Å². The van der Waals surface area contributed by atoms with Gasteiger partial charge in [-0.2, -0.15) is 0 Å². The molecule has 0 saturated heterocycles. The Hall–Kier alpha value is -1.44. The molecule has 0 spiro atoms. The lowest BCUT2D eigenvalue weighted by Crippen LogP contribution is -2.15. The van der Waals surface area contributed by atoms with Crippen LogP contribution < -0.4 is 0 Å². The van der Waals surface area contributed by atoms with E-state index >= 15 is 0 Å². The van der Waals surface area contributed by atoms with E-state index < -0.39 is 18.2 Å². The summed E-state index contributed by atoms with van der Waals surface area (Å²) in [6.45, 7) is -0.441. The van der Waals surface area contributed by atoms with E-state index in [1.54, 1.807) is 0 Å². The number of aliphatic hydroxyl groups excluding tert-OH is 1. The second kappa shape index (κ2) is 6.93. The van der Waals surface area contributed by atoms with Crippen LogP contribution in [0.4, 0.5) is 0 Å². The molecule has 7 heteroatoms. The van der Waals surface area contributed by atoms with Gasteiger partial charge in [0.1, 0.15) is 0 Å². The Labute approximate surface area is 85.2 Å². The molecule has 0 aromatic rings. The predicted molar refractivity (Wildman–Crippen MR) is 47.0 cm³/mol. The number of carbonyl (C=O) groups is 2. The van der Waals surface area contributed by atoms with Crippen LogP contribution in [-0.4, -0.2) is 51.9 Å². The number of hydrogen-bond acceptors (Lipinski definition) is 5. The second-order valence-electron chi connectivity index (χ2n) is 2.62. The normalized spacial score (nSPS) is 11.8. The van der Waals surface area contributed by atoms with Gasteiger partial charge in [0.2, 0.25) is 0 Å². The van der Waals surface area contributed by atoms with Crippen molar-refractivity contribution in [2.75, 3.05) is 13.2 Å². The van der Waals surface area contributed by atoms with E-state index in [1.807, 2.05) is 0 Å². The summed E-state index contributed by atoms with van der Waals surface area (Å²) in [5.74, 6) is -2.69. The Morgan fingerprint density at radius 1 is 1.27 bits per heavy atom. The molecule has 7 nitrogen and oxygen atoms in total. The van der Waals surface area contributed by atoms with Crippen molar-refractivity contribution < 1.29 is 34.8 Å². The molecule has 15 heavy (non-hydrogen) atoms. The molecule has 0 aliphatic heterocycles. The molecule has 0 fully saturated rings. The van der Waals surface area contributed by atoms with Crippen molar-refractivity contribution in [2.24, 2.45) is 0 Å². The zero-order valence-electron chi connectivity index (χ0n) is 7.79. The van der Waals surface area contributed by atoms with Crippen LogP contribution in [0, 0.1) is 0 Å². The summed E-state index contributed by atoms with van der Waals surface area (Å²) in [6, 6.07) is 0. The van der Waals surface area contributed by atoms with E-state index in [-0.39, 0.29) is 25.2 Å². The summed E-state index contributed by atoms with van der Waals surface area (Å²) in [4.78, 5) is 20.7. The summed E-state index contributed by atoms with van der Waals surface area (Å²) in [5, 5.41) is 33.6. The van der Waals surface area contributed by atoms with Crippen LogP contribution in [0.2, 0.25) is 0 Å². The van der Waals surface area contributed by atoms with Gasteiger partial charge in [-0.15, -0.1) is 0 Å². The van der Waals surface area contributed by atoms with Crippen molar-refractivity contribution in [1.82, 2.24) is 0 Å². The molecule has 0 saturated carbocycles. The van der Waals surface area contributed by atoms with Gasteiger partial charge in [0.05, 0.1) is 13.2 Å². The number of aliphatic hydroxyl groups is 2. The average molecular weight is 220 g/mol. The molecule has 0 amide bonds. The monoisotopic (exact) mass is 220 g/mol. The second-order valence-corrected chi connectivity index (χ2v) is 2.62. The van der Waals surface area contributed by atoms with Gasteiger partial charge in [0, 0.05) is 18.1 Å². The molecule has 0 radical (unpaired) electrons. The van der Waals surface area contributed by atoms with Crippen LogP contribution in [0.1, 0.15) is 6.42 Å². The van der Waals surface area contributed by atoms with Gasteiger partial charge >= 0.3 is 11.9 Å². The number of ether oxygens (including phenoxy) is 1. The van der Waals surface area contributed by atoms with Crippen molar-refractivity contribution >= 4 is 11.9 Å². The Bertz CT molecular complexity index is 256. The number of rotatable bonds is 7. The Morgan fingerprint density at radius 2 is 1.87 bits per heavy atom. The van der Waals surface area contributed by atoms with Crippen LogP contribution in [0.15, 0.2) is 11.6 Å². The van der Waals surface area contributed by atoms with Gasteiger partial charge in [-0.05, 0) is 0 Å². The molecule has 0 aromatic carbocycles. The molecule has 0 rings (SSSR count). The van der Waals surface area contributed by atoms with E-state index in [4.69, 9.17) is 20.4 Å². The minimum Gasteiger partial charge on any atom is -0.478 e. The van der Waals surface area contributed by atoms with Crippen LogP contribution in [0.25, 0.3) is 0 Å². The van der Waals surface area contributed by atoms with Crippen molar-refractivity contribution in [3.63, 3.8) is 0 Å². The van der Waals surface area contributed by atoms with Gasteiger partial charge in [-0.25, -0.2) is 9.59 Å². The van der Waals surface area contributed by atoms with Crippen LogP contribution in [0.5, 0.6) is 0 Å². The third-order valence-corrected chi connectivity index (χ3v) is 1.36. The number of carboxylic acid groups (broad SMARTS) is 2. The lowest BCUT2D eigenvalue weighted by molar-refractivity contribution is -0.135. The van der Waals surface area contributed by atoms with Crippen molar-refractivity contribution in [2.45, 2.75) is 12.7 Å². The van der Waals surface area contributed by atoms with Crippen LogP contribution in [-0.2, 0) is 14.3 Å². The molecule has 86 valence electrons. The minimum absolute atomic E-state index is 0.0942. The van der Waals surface area contributed by atoms with Gasteiger partial charge in [-0.3, -0.25) is 0 Å². The quantitative estimate of drug-likeness (QED) is 0.241. The zero-order valence-corrected chi connectivity index (χ0v) is 7.79. The molecule has 0 heterocycles. The summed E-state index contributed by atoms with van der Waals surface area (Å²) < 4.78 is 4.66. The summed E-state index contributed by atoms with van der Waals surface area (Å²) in [7, 11) is 0. The maximum atomic E-state index is 10.5. The predicted octanol–water partition coefficient (Wildman–Crippen LogP) is -1.20. The molecule has 0 aliphatic rings. The molecular weight excluding hydrogens is 208 g/mol. The molecule has 0 aromatic heterocycles. The highest BCUT2D eigenvalue weighted by Gasteiger charge is 2.09. The lowest BCUT2D eigenvalue weighted by Gasteiger charge is -2.05. The van der Waals surface area contributed by atoms with E-state index in [1.165, 1.54) is 0 Å². The van der Waals surface area contributed by atoms with Crippen LogP contribution in [0.3, 0.4) is 0 Å². The Morgan fingerprint density at radius 3 is 2.27 bits per heavy atom. The highest BCUT2D eigenvalue weighted by Crippen LogP contribution is 2.02.